The van der Waals surface area contributed by atoms with E-state index in [1.807, 2.05) is 78.9 Å². The Labute approximate surface area is 216 Å². The minimum absolute atomic E-state index is 0.0687. The summed E-state index contributed by atoms with van der Waals surface area (Å²) in [5.74, 6) is 0.0687. The van der Waals surface area contributed by atoms with Gasteiger partial charge in [0, 0.05) is 5.56 Å². The standard InChI is InChI=1S/C34H24N2O/c37-32-29-23-13-14-24-30(29)34(27-19-9-3-10-20-27)33(32,26-17-7-2-8-18-26)31(25-15-5-1-6-16-25)35-36(34)28-21-11-4-12-22-28/h1-24H. The molecule has 0 amide bonds. The van der Waals surface area contributed by atoms with Crippen molar-refractivity contribution in [2.45, 2.75) is 11.0 Å². The number of para-hydroxylation sites is 1. The Morgan fingerprint density at radius 3 is 1.70 bits per heavy atom. The van der Waals surface area contributed by atoms with Gasteiger partial charge in [-0.05, 0) is 34.4 Å². The highest BCUT2D eigenvalue weighted by atomic mass is 16.1. The van der Waals surface area contributed by atoms with Gasteiger partial charge in [0.25, 0.3) is 0 Å². The van der Waals surface area contributed by atoms with Crippen molar-refractivity contribution in [1.82, 2.24) is 0 Å². The van der Waals surface area contributed by atoms with E-state index in [-0.39, 0.29) is 5.78 Å². The molecule has 0 fully saturated rings. The fourth-order valence-corrected chi connectivity index (χ4v) is 6.40. The summed E-state index contributed by atoms with van der Waals surface area (Å²) >= 11 is 0. The summed E-state index contributed by atoms with van der Waals surface area (Å²) in [5, 5.41) is 7.49. The SMILES string of the molecule is O=C1c2ccccc2C2(c3ccccc3)N(c3ccccc3)N=C(c3ccccc3)C12c1ccccc1. The van der Waals surface area contributed by atoms with Gasteiger partial charge in [-0.3, -0.25) is 4.79 Å². The van der Waals surface area contributed by atoms with Gasteiger partial charge in [-0.1, -0.05) is 133 Å². The zero-order valence-electron chi connectivity index (χ0n) is 20.2. The molecule has 3 nitrogen and oxygen atoms in total. The Morgan fingerprint density at radius 2 is 1.05 bits per heavy atom. The number of carbonyl (C=O) groups is 1. The number of fused-ring (bicyclic) bond motifs is 3. The summed E-state index contributed by atoms with van der Waals surface area (Å²) in [4.78, 5) is 15.0. The molecule has 1 heterocycles. The number of benzene rings is 5. The van der Waals surface area contributed by atoms with Crippen molar-refractivity contribution < 1.29 is 4.79 Å². The van der Waals surface area contributed by atoms with Crippen LogP contribution in [-0.4, -0.2) is 11.5 Å². The number of rotatable bonds is 4. The monoisotopic (exact) mass is 476 g/mol. The van der Waals surface area contributed by atoms with Gasteiger partial charge in [-0.25, -0.2) is 5.01 Å². The number of hydrogen-bond acceptors (Lipinski definition) is 3. The molecule has 7 rings (SSSR count). The molecule has 0 N–H and O–H groups in total. The molecule has 0 radical (unpaired) electrons. The zero-order chi connectivity index (χ0) is 24.9. The molecule has 0 bridgehead atoms. The zero-order valence-corrected chi connectivity index (χ0v) is 20.2. The average Bonchev–Trinajstić information content (AvgIpc) is 3.43. The van der Waals surface area contributed by atoms with E-state index in [2.05, 4.69) is 71.7 Å². The fraction of sp³-hybridized carbons (Fsp3) is 0.0588. The number of anilines is 1. The number of carbonyl (C=O) groups excluding carboxylic acids is 1. The van der Waals surface area contributed by atoms with E-state index in [0.717, 1.165) is 39.2 Å². The van der Waals surface area contributed by atoms with Gasteiger partial charge < -0.3 is 0 Å². The maximum atomic E-state index is 15.0. The largest absolute Gasteiger partial charge is 0.293 e. The Balaban J connectivity index is 1.71. The number of hydrogen-bond donors (Lipinski definition) is 0. The van der Waals surface area contributed by atoms with Crippen LogP contribution in [0.4, 0.5) is 5.69 Å². The van der Waals surface area contributed by atoms with E-state index in [4.69, 9.17) is 5.10 Å². The van der Waals surface area contributed by atoms with E-state index in [9.17, 15) is 0 Å². The molecule has 5 aromatic rings. The van der Waals surface area contributed by atoms with E-state index in [1.54, 1.807) is 0 Å². The molecule has 5 aromatic carbocycles. The second kappa shape index (κ2) is 8.14. The maximum Gasteiger partial charge on any atom is 0.183 e. The van der Waals surface area contributed by atoms with Gasteiger partial charge >= 0.3 is 0 Å². The number of ketones is 1. The smallest absolute Gasteiger partial charge is 0.183 e. The molecule has 0 aromatic heterocycles. The summed E-state index contributed by atoms with van der Waals surface area (Å²) in [6, 6.07) is 49.0. The summed E-state index contributed by atoms with van der Waals surface area (Å²) in [6.07, 6.45) is 0. The normalized spacial score (nSPS) is 21.9. The van der Waals surface area contributed by atoms with Crippen molar-refractivity contribution in [3.63, 3.8) is 0 Å². The molecule has 2 aliphatic rings. The first-order valence-electron chi connectivity index (χ1n) is 12.5. The highest BCUT2D eigenvalue weighted by molar-refractivity contribution is 6.32. The minimum Gasteiger partial charge on any atom is -0.293 e. The number of hydrazone groups is 1. The second-order valence-corrected chi connectivity index (χ2v) is 9.53. The van der Waals surface area contributed by atoms with Crippen LogP contribution in [0.5, 0.6) is 0 Å². The van der Waals surface area contributed by atoms with E-state index >= 15 is 4.79 Å². The van der Waals surface area contributed by atoms with Crippen LogP contribution in [0.1, 0.15) is 32.6 Å². The lowest BCUT2D eigenvalue weighted by Crippen LogP contribution is -2.57. The number of nitrogens with zero attached hydrogens (tertiary/aromatic N) is 2. The first-order chi connectivity index (χ1) is 18.3. The van der Waals surface area contributed by atoms with Gasteiger partial charge in [0.2, 0.25) is 0 Å². The van der Waals surface area contributed by atoms with Crippen molar-refractivity contribution in [1.29, 1.82) is 0 Å². The van der Waals surface area contributed by atoms with Gasteiger partial charge in [0.05, 0.1) is 11.4 Å². The molecule has 0 saturated heterocycles. The second-order valence-electron chi connectivity index (χ2n) is 9.53. The molecule has 2 unspecified atom stereocenters. The Kier molecular flexibility index (Phi) is 4.73. The Bertz CT molecular complexity index is 1630. The van der Waals surface area contributed by atoms with Crippen LogP contribution >= 0.6 is 0 Å². The van der Waals surface area contributed by atoms with Gasteiger partial charge in [0.1, 0.15) is 11.0 Å². The van der Waals surface area contributed by atoms with Gasteiger partial charge in [0.15, 0.2) is 5.78 Å². The van der Waals surface area contributed by atoms with Crippen molar-refractivity contribution in [3.8, 4) is 0 Å². The Hall–Kier alpha value is -4.76. The maximum absolute atomic E-state index is 15.0. The molecular weight excluding hydrogens is 452 g/mol. The van der Waals surface area contributed by atoms with Crippen LogP contribution in [0.3, 0.4) is 0 Å². The highest BCUT2D eigenvalue weighted by Crippen LogP contribution is 2.63. The minimum atomic E-state index is -1.10. The Morgan fingerprint density at radius 1 is 0.541 bits per heavy atom. The molecule has 37 heavy (non-hydrogen) atoms. The third-order valence-electron chi connectivity index (χ3n) is 7.76. The topological polar surface area (TPSA) is 32.7 Å². The van der Waals surface area contributed by atoms with Gasteiger partial charge in [-0.2, -0.15) is 5.10 Å². The van der Waals surface area contributed by atoms with Gasteiger partial charge in [-0.15, -0.1) is 0 Å². The molecule has 2 atom stereocenters. The molecule has 0 saturated carbocycles. The summed E-state index contributed by atoms with van der Waals surface area (Å²) in [5.41, 5.74) is 4.26. The van der Waals surface area contributed by atoms with E-state index in [0.29, 0.717) is 0 Å². The quantitative estimate of drug-likeness (QED) is 0.280. The van der Waals surface area contributed by atoms with Crippen molar-refractivity contribution in [2.75, 3.05) is 5.01 Å². The molecule has 1 aliphatic carbocycles. The summed E-state index contributed by atoms with van der Waals surface area (Å²) < 4.78 is 0. The van der Waals surface area contributed by atoms with E-state index in [1.165, 1.54) is 0 Å². The fourth-order valence-electron chi connectivity index (χ4n) is 6.40. The first kappa shape index (κ1) is 21.5. The predicted octanol–water partition coefficient (Wildman–Crippen LogP) is 6.99. The lowest BCUT2D eigenvalue weighted by molar-refractivity contribution is 0.0918. The van der Waals surface area contributed by atoms with Crippen molar-refractivity contribution in [2.24, 2.45) is 5.10 Å². The summed E-state index contributed by atoms with van der Waals surface area (Å²) in [7, 11) is 0. The predicted molar refractivity (Wildman–Crippen MR) is 148 cm³/mol. The lowest BCUT2D eigenvalue weighted by Gasteiger charge is -2.45. The van der Waals surface area contributed by atoms with Crippen LogP contribution in [0.15, 0.2) is 151 Å². The summed E-state index contributed by atoms with van der Waals surface area (Å²) in [6.45, 7) is 0. The van der Waals surface area contributed by atoms with Crippen LogP contribution in [-0.2, 0) is 11.0 Å². The number of Topliss-reactive ketones (excluding diaryl/α,β-unsaturated/α-hetero) is 1. The molecule has 0 spiro atoms. The van der Waals surface area contributed by atoms with Crippen LogP contribution in [0.25, 0.3) is 0 Å². The third-order valence-corrected chi connectivity index (χ3v) is 7.76. The van der Waals surface area contributed by atoms with E-state index < -0.39 is 11.0 Å². The first-order valence-corrected chi connectivity index (χ1v) is 12.5. The average molecular weight is 477 g/mol. The molecular formula is C34H24N2O. The van der Waals surface area contributed by atoms with Crippen molar-refractivity contribution in [3.05, 3.63) is 173 Å². The lowest BCUT2D eigenvalue weighted by atomic mass is 9.59. The van der Waals surface area contributed by atoms with Crippen LogP contribution < -0.4 is 5.01 Å². The van der Waals surface area contributed by atoms with Crippen molar-refractivity contribution >= 4 is 17.2 Å². The third kappa shape index (κ3) is 2.71. The molecule has 3 heteroatoms. The molecule has 176 valence electrons. The molecule has 1 aliphatic heterocycles. The highest BCUT2D eigenvalue weighted by Gasteiger charge is 2.73. The van der Waals surface area contributed by atoms with Crippen LogP contribution in [0, 0.1) is 0 Å². The van der Waals surface area contributed by atoms with Crippen LogP contribution in [0.2, 0.25) is 0 Å².